The second-order valence-corrected chi connectivity index (χ2v) is 19.1. The fraction of sp³-hybridized carbons (Fsp3) is 0.500. The molecular weight excluding hydrogens is 720 g/mol. The van der Waals surface area contributed by atoms with Crippen LogP contribution < -0.4 is 3.12 Å². The molecule has 204 valence electrons. The summed E-state index contributed by atoms with van der Waals surface area (Å²) >= 11 is 2.92. The van der Waals surface area contributed by atoms with Gasteiger partial charge in [0, 0.05) is 0 Å². The van der Waals surface area contributed by atoms with Crippen LogP contribution in [0.5, 0.6) is 0 Å². The van der Waals surface area contributed by atoms with E-state index in [1.807, 2.05) is 0 Å². The fourth-order valence-electron chi connectivity index (χ4n) is 5.60. The van der Waals surface area contributed by atoms with Gasteiger partial charge in [-0.05, 0) is 0 Å². The maximum atomic E-state index is 4.17. The first-order valence-electron chi connectivity index (χ1n) is 14.7. The van der Waals surface area contributed by atoms with E-state index in [9.17, 15) is 0 Å². The van der Waals surface area contributed by atoms with Gasteiger partial charge >= 0.3 is 254 Å². The Morgan fingerprint density at radius 1 is 0.474 bits per heavy atom. The monoisotopic (exact) mass is 768 g/mol. The molecule has 0 spiro atoms. The molecule has 3 aromatic carbocycles. The molecule has 0 fully saturated rings. The van der Waals surface area contributed by atoms with Crippen LogP contribution in [0.15, 0.2) is 42.5 Å². The number of rotatable bonds is 9. The predicted molar refractivity (Wildman–Crippen MR) is 176 cm³/mol. The predicted octanol–water partition coefficient (Wildman–Crippen LogP) is 11.4. The van der Waals surface area contributed by atoms with Crippen LogP contribution in [0.1, 0.15) is 152 Å². The Morgan fingerprint density at radius 2 is 0.763 bits per heavy atom. The molecule has 2 heteroatoms. The summed E-state index contributed by atoms with van der Waals surface area (Å²) in [6, 6.07) is 17.2. The molecule has 0 heterocycles. The Kier molecular flexibility index (Phi) is 10.9. The fourth-order valence-corrected chi connectivity index (χ4v) is 11.8. The van der Waals surface area contributed by atoms with Crippen molar-refractivity contribution in [1.29, 1.82) is 0 Å². The van der Waals surface area contributed by atoms with E-state index in [1.165, 1.54) is 55.6 Å². The van der Waals surface area contributed by atoms with Gasteiger partial charge in [-0.3, -0.25) is 0 Å². The molecule has 0 unspecified atom stereocenters. The number of benzene rings is 3. The van der Waals surface area contributed by atoms with Crippen molar-refractivity contribution < 1.29 is 0 Å². The van der Waals surface area contributed by atoms with Crippen LogP contribution in [0.4, 0.5) is 0 Å². The van der Waals surface area contributed by atoms with Gasteiger partial charge in [0.25, 0.3) is 0 Å². The number of halogens is 1. The molecule has 3 rings (SSSR count). The second kappa shape index (κ2) is 13.2. The molecule has 0 bridgehead atoms. The van der Waals surface area contributed by atoms with Crippen molar-refractivity contribution in [3.63, 3.8) is 0 Å². The van der Waals surface area contributed by atoms with Gasteiger partial charge in [0.05, 0.1) is 0 Å². The van der Waals surface area contributed by atoms with Gasteiger partial charge in [0.2, 0.25) is 0 Å². The third-order valence-electron chi connectivity index (χ3n) is 7.96. The van der Waals surface area contributed by atoms with Crippen LogP contribution in [-0.2, 0) is 0 Å². The van der Waals surface area contributed by atoms with Crippen LogP contribution >= 0.6 is 12.0 Å². The Hall–Kier alpha value is -0.938. The SMILES string of the molecule is CC(C)c1cc(C(C)C)c(-c2cccc(-c3c(C(C)C)cc(C(C)C)cc3C(C)C)[c]2[Pb][Br])c(C(C)C)c1. The van der Waals surface area contributed by atoms with E-state index in [-0.39, 0.29) is 0 Å². The van der Waals surface area contributed by atoms with Crippen LogP contribution in [0.3, 0.4) is 0 Å². The molecule has 0 saturated carbocycles. The summed E-state index contributed by atoms with van der Waals surface area (Å²) in [6.07, 6.45) is 0. The molecule has 3 aromatic rings. The van der Waals surface area contributed by atoms with Crippen molar-refractivity contribution in [3.05, 3.63) is 75.8 Å². The van der Waals surface area contributed by atoms with E-state index in [0.29, 0.717) is 35.5 Å². The van der Waals surface area contributed by atoms with Gasteiger partial charge in [0.1, 0.15) is 0 Å². The van der Waals surface area contributed by atoms with Gasteiger partial charge in [-0.25, -0.2) is 0 Å². The van der Waals surface area contributed by atoms with Crippen molar-refractivity contribution in [3.8, 4) is 22.3 Å². The molecule has 38 heavy (non-hydrogen) atoms. The summed E-state index contributed by atoms with van der Waals surface area (Å²) in [6.45, 7) is 28.2. The molecule has 0 aliphatic carbocycles. The van der Waals surface area contributed by atoms with Gasteiger partial charge in [-0.1, -0.05) is 0 Å². The summed E-state index contributed by atoms with van der Waals surface area (Å²) in [5.41, 5.74) is 14.9. The summed E-state index contributed by atoms with van der Waals surface area (Å²) in [4.78, 5) is 0. The Morgan fingerprint density at radius 3 is 0.974 bits per heavy atom. The van der Waals surface area contributed by atoms with E-state index in [4.69, 9.17) is 0 Å². The molecule has 0 amide bonds. The third kappa shape index (κ3) is 6.51. The Bertz CT molecular complexity index is 1110. The van der Waals surface area contributed by atoms with E-state index < -0.39 is 21.8 Å². The van der Waals surface area contributed by atoms with E-state index >= 15 is 0 Å². The molecule has 0 nitrogen and oxygen atoms in total. The average Bonchev–Trinajstić information content (AvgIpc) is 2.86. The minimum atomic E-state index is -1.25. The quantitative estimate of drug-likeness (QED) is 0.190. The normalized spacial score (nSPS) is 12.3. The molecule has 0 aromatic heterocycles. The first-order chi connectivity index (χ1) is 17.8. The third-order valence-corrected chi connectivity index (χ3v) is 14.3. The molecule has 0 saturated heterocycles. The van der Waals surface area contributed by atoms with Gasteiger partial charge in [-0.2, -0.15) is 0 Å². The molecule has 0 aliphatic heterocycles. The number of hydrogen-bond donors (Lipinski definition) is 0. The minimum absolute atomic E-state index is 0.476. The first kappa shape index (κ1) is 31.6. The first-order valence-corrected chi connectivity index (χ1v) is 25.0. The van der Waals surface area contributed by atoms with E-state index in [1.54, 1.807) is 3.12 Å². The zero-order valence-corrected chi connectivity index (χ0v) is 31.4. The van der Waals surface area contributed by atoms with E-state index in [0.717, 1.165) is 0 Å². The van der Waals surface area contributed by atoms with Crippen molar-refractivity contribution in [2.75, 3.05) is 0 Å². The average molecular weight is 769 g/mol. The summed E-state index contributed by atoms with van der Waals surface area (Å²) in [5, 5.41) is 0. The Balaban J connectivity index is 2.49. The molecular formula is C36H49BrPb. The second-order valence-electron chi connectivity index (χ2n) is 12.9. The molecule has 0 aliphatic rings. The molecule has 0 atom stereocenters. The maximum absolute atomic E-state index is 4.17. The topological polar surface area (TPSA) is 0 Å². The van der Waals surface area contributed by atoms with Crippen molar-refractivity contribution in [2.24, 2.45) is 0 Å². The summed E-state index contributed by atoms with van der Waals surface area (Å²) in [7, 11) is 0. The van der Waals surface area contributed by atoms with Crippen LogP contribution in [0, 0.1) is 0 Å². The zero-order chi connectivity index (χ0) is 28.5. The van der Waals surface area contributed by atoms with E-state index in [2.05, 4.69) is 138 Å². The summed E-state index contributed by atoms with van der Waals surface area (Å²) < 4.78 is 1.61. The summed E-state index contributed by atoms with van der Waals surface area (Å²) in [5.74, 6) is 2.96. The van der Waals surface area contributed by atoms with Crippen LogP contribution in [0.2, 0.25) is 0 Å². The molecule has 0 N–H and O–H groups in total. The van der Waals surface area contributed by atoms with Crippen LogP contribution in [-0.4, -0.2) is 21.8 Å². The zero-order valence-electron chi connectivity index (χ0n) is 25.9. The standard InChI is InChI=1S/C36H49.BrH.Pb/c1-21(2)29-17-31(23(5)6)35(32(18-29)24(7)8)27-14-13-15-28(16-27)36-33(25(9)10)19-30(22(3)4)20-34(36)26(11)12;;/h13-15,17-26H,1-12H3;1H;/q;;+1/p-1. The van der Waals surface area contributed by atoms with Gasteiger partial charge < -0.3 is 0 Å². The van der Waals surface area contributed by atoms with Crippen LogP contribution in [0.25, 0.3) is 22.3 Å². The molecule has 2 radical (unpaired) electrons. The van der Waals surface area contributed by atoms with Gasteiger partial charge in [0.15, 0.2) is 0 Å². The van der Waals surface area contributed by atoms with Crippen molar-refractivity contribution in [1.82, 2.24) is 0 Å². The van der Waals surface area contributed by atoms with Crippen molar-refractivity contribution >= 4 is 36.9 Å². The van der Waals surface area contributed by atoms with Crippen molar-refractivity contribution in [2.45, 2.75) is 119 Å². The Labute approximate surface area is 251 Å². The number of hydrogen-bond acceptors (Lipinski definition) is 0. The van der Waals surface area contributed by atoms with Gasteiger partial charge in [-0.15, -0.1) is 0 Å².